The molecule has 2 unspecified atom stereocenters. The van der Waals surface area contributed by atoms with E-state index in [1.165, 1.54) is 24.3 Å². The second-order valence-electron chi connectivity index (χ2n) is 3.21. The molecule has 0 aliphatic carbocycles. The fourth-order valence-corrected chi connectivity index (χ4v) is 2.15. The van der Waals surface area contributed by atoms with Crippen LogP contribution in [0.25, 0.3) is 0 Å². The standard InChI is InChI=1S/C9H10N2O5S/c10-8(9(12)13)5-17(16)7-3-1-6(2-4-7)11(14)15/h1-4,8H,5,10H2,(H,12,13). The maximum Gasteiger partial charge on any atom is 0.321 e. The maximum absolute atomic E-state index is 11.6. The Morgan fingerprint density at radius 2 is 2.00 bits per heavy atom. The van der Waals surface area contributed by atoms with Gasteiger partial charge in [0.1, 0.15) is 6.04 Å². The smallest absolute Gasteiger partial charge is 0.321 e. The fourth-order valence-electron chi connectivity index (χ4n) is 1.05. The highest BCUT2D eigenvalue weighted by atomic mass is 32.2. The SMILES string of the molecule is NC(CS(=O)c1ccc([N+](=O)[O-])cc1)C(=O)O. The van der Waals surface area contributed by atoms with Gasteiger partial charge in [-0.3, -0.25) is 19.1 Å². The van der Waals surface area contributed by atoms with Crippen molar-refractivity contribution in [2.24, 2.45) is 5.73 Å². The number of nitrogens with zero attached hydrogens (tertiary/aromatic N) is 1. The van der Waals surface area contributed by atoms with E-state index in [-0.39, 0.29) is 11.4 Å². The van der Waals surface area contributed by atoms with E-state index in [0.29, 0.717) is 4.90 Å². The summed E-state index contributed by atoms with van der Waals surface area (Å²) in [5.41, 5.74) is 5.11. The van der Waals surface area contributed by atoms with Gasteiger partial charge in [0, 0.05) is 17.0 Å². The average molecular weight is 258 g/mol. The van der Waals surface area contributed by atoms with E-state index in [2.05, 4.69) is 0 Å². The molecule has 0 aliphatic rings. The molecule has 0 aromatic heterocycles. The molecule has 0 bridgehead atoms. The minimum absolute atomic E-state index is 0.117. The first kappa shape index (κ1) is 13.3. The van der Waals surface area contributed by atoms with Crippen LogP contribution < -0.4 is 5.73 Å². The number of benzene rings is 1. The summed E-state index contributed by atoms with van der Waals surface area (Å²) < 4.78 is 11.6. The Balaban J connectivity index is 2.77. The minimum atomic E-state index is -1.58. The van der Waals surface area contributed by atoms with Gasteiger partial charge in [0.25, 0.3) is 5.69 Å². The molecule has 7 nitrogen and oxygen atoms in total. The summed E-state index contributed by atoms with van der Waals surface area (Å²) in [5.74, 6) is -1.46. The first-order chi connectivity index (χ1) is 7.91. The highest BCUT2D eigenvalue weighted by molar-refractivity contribution is 7.85. The Bertz CT molecular complexity index is 459. The lowest BCUT2D eigenvalue weighted by Gasteiger charge is -2.05. The number of carboxylic acids is 1. The van der Waals surface area contributed by atoms with Crippen LogP contribution in [0.1, 0.15) is 0 Å². The van der Waals surface area contributed by atoms with E-state index in [9.17, 15) is 19.1 Å². The molecule has 0 radical (unpaired) electrons. The number of aliphatic carboxylic acids is 1. The van der Waals surface area contributed by atoms with Gasteiger partial charge in [-0.05, 0) is 12.1 Å². The summed E-state index contributed by atoms with van der Waals surface area (Å²) in [6.07, 6.45) is 0. The molecule has 0 amide bonds. The van der Waals surface area contributed by atoms with Crippen LogP contribution in [-0.4, -0.2) is 32.0 Å². The highest BCUT2D eigenvalue weighted by Gasteiger charge is 2.17. The van der Waals surface area contributed by atoms with Crippen LogP contribution in [0.3, 0.4) is 0 Å². The van der Waals surface area contributed by atoms with Gasteiger partial charge in [-0.15, -0.1) is 0 Å². The molecule has 1 rings (SSSR count). The van der Waals surface area contributed by atoms with Gasteiger partial charge in [-0.25, -0.2) is 0 Å². The van der Waals surface area contributed by atoms with Crippen molar-refractivity contribution >= 4 is 22.5 Å². The van der Waals surface area contributed by atoms with E-state index in [1.54, 1.807) is 0 Å². The molecule has 2 atom stereocenters. The Kier molecular flexibility index (Phi) is 4.30. The first-order valence-electron chi connectivity index (χ1n) is 4.53. The predicted molar refractivity (Wildman–Crippen MR) is 60.0 cm³/mol. The quantitative estimate of drug-likeness (QED) is 0.570. The van der Waals surface area contributed by atoms with Gasteiger partial charge in [0.05, 0.1) is 21.5 Å². The van der Waals surface area contributed by atoms with Crippen LogP contribution in [0.15, 0.2) is 29.2 Å². The van der Waals surface area contributed by atoms with Crippen molar-refractivity contribution in [2.45, 2.75) is 10.9 Å². The van der Waals surface area contributed by atoms with Crippen molar-refractivity contribution < 1.29 is 19.0 Å². The summed E-state index contributed by atoms with van der Waals surface area (Å²) in [6.45, 7) is 0. The average Bonchev–Trinajstić information content (AvgIpc) is 2.28. The van der Waals surface area contributed by atoms with Crippen molar-refractivity contribution in [1.29, 1.82) is 0 Å². The van der Waals surface area contributed by atoms with Crippen LogP contribution in [0, 0.1) is 10.1 Å². The van der Waals surface area contributed by atoms with Gasteiger partial charge in [-0.1, -0.05) is 0 Å². The molecular formula is C9H10N2O5S. The second kappa shape index (κ2) is 5.51. The molecule has 1 aromatic rings. The Labute approximate surface area is 98.8 Å². The molecule has 8 heteroatoms. The molecule has 3 N–H and O–H groups in total. The van der Waals surface area contributed by atoms with Gasteiger partial charge in [0.15, 0.2) is 0 Å². The molecule has 0 heterocycles. The zero-order valence-electron chi connectivity index (χ0n) is 8.61. The third kappa shape index (κ3) is 3.61. The maximum atomic E-state index is 11.6. The summed E-state index contributed by atoms with van der Waals surface area (Å²) in [5, 5.41) is 18.9. The highest BCUT2D eigenvalue weighted by Crippen LogP contribution is 2.14. The zero-order valence-corrected chi connectivity index (χ0v) is 9.42. The molecule has 0 fully saturated rings. The predicted octanol–water partition coefficient (Wildman–Crippen LogP) is 0.114. The van der Waals surface area contributed by atoms with Gasteiger partial charge in [0.2, 0.25) is 0 Å². The van der Waals surface area contributed by atoms with Crippen molar-refractivity contribution in [1.82, 2.24) is 0 Å². The number of carbonyl (C=O) groups is 1. The van der Waals surface area contributed by atoms with E-state index in [1.807, 2.05) is 0 Å². The van der Waals surface area contributed by atoms with Crippen LogP contribution in [0.4, 0.5) is 5.69 Å². The lowest BCUT2D eigenvalue weighted by atomic mass is 10.3. The Morgan fingerprint density at radius 3 is 2.41 bits per heavy atom. The van der Waals surface area contributed by atoms with E-state index in [0.717, 1.165) is 0 Å². The largest absolute Gasteiger partial charge is 0.480 e. The monoisotopic (exact) mass is 258 g/mol. The number of nitrogens with two attached hydrogens (primary N) is 1. The number of hydrogen-bond acceptors (Lipinski definition) is 5. The molecule has 0 aliphatic heterocycles. The lowest BCUT2D eigenvalue weighted by Crippen LogP contribution is -2.35. The topological polar surface area (TPSA) is 124 Å². The van der Waals surface area contributed by atoms with E-state index < -0.39 is 27.7 Å². The summed E-state index contributed by atoms with van der Waals surface area (Å²) in [6, 6.07) is 3.84. The third-order valence-electron chi connectivity index (χ3n) is 1.96. The van der Waals surface area contributed by atoms with Crippen molar-refractivity contribution in [3.05, 3.63) is 34.4 Å². The second-order valence-corrected chi connectivity index (χ2v) is 4.70. The number of hydrogen-bond donors (Lipinski definition) is 2. The molecule has 92 valence electrons. The van der Waals surface area contributed by atoms with Gasteiger partial charge < -0.3 is 10.8 Å². The van der Waals surface area contributed by atoms with Gasteiger partial charge >= 0.3 is 5.97 Å². The molecule has 0 saturated heterocycles. The minimum Gasteiger partial charge on any atom is -0.480 e. The van der Waals surface area contributed by atoms with Crippen LogP contribution in [0.5, 0.6) is 0 Å². The van der Waals surface area contributed by atoms with Gasteiger partial charge in [-0.2, -0.15) is 0 Å². The summed E-state index contributed by atoms with van der Waals surface area (Å²) in [4.78, 5) is 20.6. The lowest BCUT2D eigenvalue weighted by molar-refractivity contribution is -0.384. The zero-order chi connectivity index (χ0) is 13.0. The number of nitro groups is 1. The third-order valence-corrected chi connectivity index (χ3v) is 3.42. The number of rotatable bonds is 5. The van der Waals surface area contributed by atoms with Crippen molar-refractivity contribution in [3.8, 4) is 0 Å². The van der Waals surface area contributed by atoms with E-state index >= 15 is 0 Å². The van der Waals surface area contributed by atoms with Crippen molar-refractivity contribution in [3.63, 3.8) is 0 Å². The molecule has 0 saturated carbocycles. The van der Waals surface area contributed by atoms with Crippen molar-refractivity contribution in [2.75, 3.05) is 5.75 Å². The van der Waals surface area contributed by atoms with Crippen LogP contribution in [-0.2, 0) is 15.6 Å². The fraction of sp³-hybridized carbons (Fsp3) is 0.222. The number of carboxylic acid groups (broad SMARTS) is 1. The Hall–Kier alpha value is -1.80. The van der Waals surface area contributed by atoms with Crippen LogP contribution in [0.2, 0.25) is 0 Å². The molecular weight excluding hydrogens is 248 g/mol. The molecule has 0 spiro atoms. The van der Waals surface area contributed by atoms with E-state index in [4.69, 9.17) is 10.8 Å². The molecule has 17 heavy (non-hydrogen) atoms. The number of nitro benzene ring substituents is 1. The first-order valence-corrected chi connectivity index (χ1v) is 5.85. The van der Waals surface area contributed by atoms with Crippen LogP contribution >= 0.6 is 0 Å². The summed E-state index contributed by atoms with van der Waals surface area (Å²) in [7, 11) is -1.58. The summed E-state index contributed by atoms with van der Waals surface area (Å²) >= 11 is 0. The number of non-ortho nitro benzene ring substituents is 1. The Morgan fingerprint density at radius 1 is 1.47 bits per heavy atom. The normalized spacial score (nSPS) is 13.9. The molecule has 1 aromatic carbocycles.